The van der Waals surface area contributed by atoms with Crippen molar-refractivity contribution in [1.29, 1.82) is 0 Å². The van der Waals surface area contributed by atoms with Crippen molar-refractivity contribution in [2.45, 2.75) is 13.0 Å². The van der Waals surface area contributed by atoms with E-state index in [1.807, 2.05) is 30.3 Å². The van der Waals surface area contributed by atoms with Crippen LogP contribution in [0.3, 0.4) is 0 Å². The molecule has 1 heterocycles. The Bertz CT molecular complexity index is 481. The third-order valence-corrected chi connectivity index (χ3v) is 3.70. The van der Waals surface area contributed by atoms with Crippen LogP contribution in [0.1, 0.15) is 12.0 Å². The van der Waals surface area contributed by atoms with Gasteiger partial charge in [0.2, 0.25) is 5.91 Å². The Morgan fingerprint density at radius 3 is 2.81 bits per heavy atom. The van der Waals surface area contributed by atoms with E-state index in [4.69, 9.17) is 16.3 Å². The van der Waals surface area contributed by atoms with Crippen LogP contribution in [0.5, 0.6) is 0 Å². The van der Waals surface area contributed by atoms with Crippen molar-refractivity contribution in [3.8, 4) is 0 Å². The molecule has 2 amide bonds. The number of nitrogens with zero attached hydrogens (tertiary/aromatic N) is 1. The van der Waals surface area contributed by atoms with Crippen LogP contribution in [0, 0.1) is 5.92 Å². The van der Waals surface area contributed by atoms with E-state index in [0.717, 1.165) is 12.0 Å². The van der Waals surface area contributed by atoms with Gasteiger partial charge in [-0.3, -0.25) is 4.79 Å². The highest BCUT2D eigenvalue weighted by atomic mass is 35.5. The Balaban J connectivity index is 1.71. The summed E-state index contributed by atoms with van der Waals surface area (Å²) < 4.78 is 5.29. The molecule has 21 heavy (non-hydrogen) atoms. The second kappa shape index (κ2) is 7.88. The molecule has 1 atom stereocenters. The summed E-state index contributed by atoms with van der Waals surface area (Å²) >= 11 is 5.42. The number of benzene rings is 1. The zero-order valence-corrected chi connectivity index (χ0v) is 12.5. The van der Waals surface area contributed by atoms with Crippen molar-refractivity contribution in [1.82, 2.24) is 10.2 Å². The molecule has 6 heteroatoms. The van der Waals surface area contributed by atoms with Crippen molar-refractivity contribution in [3.63, 3.8) is 0 Å². The molecule has 1 N–H and O–H groups in total. The molecule has 1 aliphatic rings. The number of carbonyl (C=O) groups excluding carboxylic acids is 2. The van der Waals surface area contributed by atoms with Gasteiger partial charge in [0.05, 0.1) is 0 Å². The molecule has 0 bridgehead atoms. The minimum absolute atomic E-state index is 0.0322. The highest BCUT2D eigenvalue weighted by Crippen LogP contribution is 2.16. The summed E-state index contributed by atoms with van der Waals surface area (Å²) in [6.45, 7) is 2.10. The molecular weight excluding hydrogens is 292 g/mol. The predicted molar refractivity (Wildman–Crippen MR) is 80.0 cm³/mol. The molecule has 0 aromatic heterocycles. The molecule has 1 saturated heterocycles. The number of alkyl halides is 1. The fourth-order valence-electron chi connectivity index (χ4n) is 2.28. The molecule has 1 aliphatic heterocycles. The van der Waals surface area contributed by atoms with E-state index in [-0.39, 0.29) is 30.4 Å². The van der Waals surface area contributed by atoms with Crippen molar-refractivity contribution >= 4 is 23.6 Å². The summed E-state index contributed by atoms with van der Waals surface area (Å²) in [5.41, 5.74) is 0.968. The number of carbonyl (C=O) groups is 2. The van der Waals surface area contributed by atoms with Crippen molar-refractivity contribution in [3.05, 3.63) is 35.9 Å². The average molecular weight is 311 g/mol. The lowest BCUT2D eigenvalue weighted by Crippen LogP contribution is -2.33. The number of amides is 2. The first kappa shape index (κ1) is 15.6. The van der Waals surface area contributed by atoms with Gasteiger partial charge in [-0.25, -0.2) is 4.79 Å². The molecule has 0 spiro atoms. The smallest absolute Gasteiger partial charge is 0.410 e. The molecule has 5 nitrogen and oxygen atoms in total. The number of halogens is 1. The fourth-order valence-corrected chi connectivity index (χ4v) is 2.38. The zero-order valence-electron chi connectivity index (χ0n) is 11.8. The lowest BCUT2D eigenvalue weighted by molar-refractivity contribution is -0.118. The van der Waals surface area contributed by atoms with E-state index >= 15 is 0 Å². The van der Waals surface area contributed by atoms with E-state index in [2.05, 4.69) is 5.32 Å². The van der Waals surface area contributed by atoms with Gasteiger partial charge in [-0.15, -0.1) is 11.6 Å². The number of likely N-dealkylation sites (tertiary alicyclic amines) is 1. The number of ether oxygens (including phenoxy) is 1. The maximum Gasteiger partial charge on any atom is 0.410 e. The fraction of sp³-hybridized carbons (Fsp3) is 0.467. The van der Waals surface area contributed by atoms with Crippen molar-refractivity contribution in [2.75, 3.05) is 25.5 Å². The molecule has 1 aromatic carbocycles. The van der Waals surface area contributed by atoms with E-state index < -0.39 is 0 Å². The second-order valence-electron chi connectivity index (χ2n) is 5.08. The highest BCUT2D eigenvalue weighted by molar-refractivity contribution is 6.27. The number of nitrogens with one attached hydrogen (secondary N) is 1. The van der Waals surface area contributed by atoms with Crippen LogP contribution in [0.4, 0.5) is 4.79 Å². The zero-order chi connectivity index (χ0) is 15.1. The first-order valence-electron chi connectivity index (χ1n) is 6.97. The maximum absolute atomic E-state index is 12.0. The molecule has 0 aliphatic carbocycles. The third-order valence-electron chi connectivity index (χ3n) is 3.46. The SMILES string of the molecule is O=C(CCl)NC[C@@H]1CCN(C(=O)OCc2ccccc2)C1. The Hall–Kier alpha value is -1.75. The van der Waals surface area contributed by atoms with Gasteiger partial charge in [-0.05, 0) is 17.9 Å². The molecule has 2 rings (SSSR count). The Morgan fingerprint density at radius 2 is 2.10 bits per heavy atom. The molecule has 1 aromatic rings. The summed E-state index contributed by atoms with van der Waals surface area (Å²) in [4.78, 5) is 24.7. The van der Waals surface area contributed by atoms with E-state index in [1.165, 1.54) is 0 Å². The minimum atomic E-state index is -0.301. The van der Waals surface area contributed by atoms with Gasteiger partial charge in [0.15, 0.2) is 0 Å². The van der Waals surface area contributed by atoms with Gasteiger partial charge in [-0.1, -0.05) is 30.3 Å². The summed E-state index contributed by atoms with van der Waals surface area (Å²) in [7, 11) is 0. The van der Waals surface area contributed by atoms with Crippen LogP contribution in [0.25, 0.3) is 0 Å². The van der Waals surface area contributed by atoms with Gasteiger partial charge in [0.1, 0.15) is 12.5 Å². The Kier molecular flexibility index (Phi) is 5.87. The topological polar surface area (TPSA) is 58.6 Å². The van der Waals surface area contributed by atoms with Gasteiger partial charge >= 0.3 is 6.09 Å². The highest BCUT2D eigenvalue weighted by Gasteiger charge is 2.27. The van der Waals surface area contributed by atoms with Crippen molar-refractivity contribution < 1.29 is 14.3 Å². The van der Waals surface area contributed by atoms with Crippen molar-refractivity contribution in [2.24, 2.45) is 5.92 Å². The summed E-state index contributed by atoms with van der Waals surface area (Å²) in [5, 5.41) is 2.74. The second-order valence-corrected chi connectivity index (χ2v) is 5.35. The van der Waals surface area contributed by atoms with Crippen LogP contribution in [0.15, 0.2) is 30.3 Å². The summed E-state index contributed by atoms with van der Waals surface area (Å²) in [5.74, 6) is 0.0541. The summed E-state index contributed by atoms with van der Waals surface area (Å²) in [6.07, 6.45) is 0.563. The monoisotopic (exact) mass is 310 g/mol. The van der Waals surface area contributed by atoms with Crippen LogP contribution in [0.2, 0.25) is 0 Å². The number of hydrogen-bond donors (Lipinski definition) is 1. The molecule has 114 valence electrons. The molecule has 0 radical (unpaired) electrons. The van der Waals surface area contributed by atoms with Gasteiger partial charge in [-0.2, -0.15) is 0 Å². The van der Waals surface area contributed by atoms with Crippen LogP contribution in [-0.4, -0.2) is 42.4 Å². The van der Waals surface area contributed by atoms with Gasteiger partial charge < -0.3 is 15.0 Å². The van der Waals surface area contributed by atoms with E-state index in [0.29, 0.717) is 19.6 Å². The molecule has 1 fully saturated rings. The normalized spacial score (nSPS) is 17.6. The standard InChI is InChI=1S/C15H19ClN2O3/c16-8-14(19)17-9-13-6-7-18(10-13)15(20)21-11-12-4-2-1-3-5-12/h1-5,13H,6-11H2,(H,17,19)/t13-/m0/s1. The predicted octanol–water partition coefficient (Wildman–Crippen LogP) is 2.00. The minimum Gasteiger partial charge on any atom is -0.445 e. The number of hydrogen-bond acceptors (Lipinski definition) is 3. The quantitative estimate of drug-likeness (QED) is 0.846. The van der Waals surface area contributed by atoms with E-state index in [9.17, 15) is 9.59 Å². The van der Waals surface area contributed by atoms with E-state index in [1.54, 1.807) is 4.90 Å². The summed E-state index contributed by atoms with van der Waals surface area (Å²) in [6, 6.07) is 9.58. The van der Waals surface area contributed by atoms with Gasteiger partial charge in [0, 0.05) is 19.6 Å². The van der Waals surface area contributed by atoms with Crippen LogP contribution < -0.4 is 5.32 Å². The maximum atomic E-state index is 12.0. The number of rotatable bonds is 5. The first-order valence-corrected chi connectivity index (χ1v) is 7.50. The molecule has 0 unspecified atom stereocenters. The third kappa shape index (κ3) is 4.93. The molecular formula is C15H19ClN2O3. The lowest BCUT2D eigenvalue weighted by Gasteiger charge is -2.16. The average Bonchev–Trinajstić information content (AvgIpc) is 3.00. The van der Waals surface area contributed by atoms with Crippen LogP contribution >= 0.6 is 11.6 Å². The Morgan fingerprint density at radius 1 is 1.33 bits per heavy atom. The van der Waals surface area contributed by atoms with Crippen LogP contribution in [-0.2, 0) is 16.1 Å². The Labute approximate surface area is 129 Å². The molecule has 0 saturated carbocycles. The largest absolute Gasteiger partial charge is 0.445 e. The lowest BCUT2D eigenvalue weighted by atomic mass is 10.1. The first-order chi connectivity index (χ1) is 10.2. The van der Waals surface area contributed by atoms with Gasteiger partial charge in [0.25, 0.3) is 0 Å².